The molecule has 1 aromatic carbocycles. The van der Waals surface area contributed by atoms with Gasteiger partial charge in [-0.15, -0.1) is 0 Å². The van der Waals surface area contributed by atoms with E-state index in [9.17, 15) is 4.79 Å². The second kappa shape index (κ2) is 6.88. The molecule has 0 radical (unpaired) electrons. The van der Waals surface area contributed by atoms with Gasteiger partial charge >= 0.3 is 5.97 Å². The summed E-state index contributed by atoms with van der Waals surface area (Å²) in [7, 11) is 0. The molecule has 0 saturated heterocycles. The predicted molar refractivity (Wildman–Crippen MR) is 83.4 cm³/mol. The summed E-state index contributed by atoms with van der Waals surface area (Å²) >= 11 is 0. The minimum atomic E-state index is -0.474. The first-order valence-electron chi connectivity index (χ1n) is 7.09. The lowest BCUT2D eigenvalue weighted by Gasteiger charge is -2.15. The molecule has 0 aliphatic rings. The first kappa shape index (κ1) is 15.0. The summed E-state index contributed by atoms with van der Waals surface area (Å²) in [6.45, 7) is 6.60. The number of carbonyl (C=O) groups excluding carboxylic acids is 1. The second-order valence-corrected chi connectivity index (χ2v) is 4.56. The average Bonchev–Trinajstić information content (AvgIpc) is 2.48. The van der Waals surface area contributed by atoms with Gasteiger partial charge in [-0.1, -0.05) is 12.1 Å². The van der Waals surface area contributed by atoms with E-state index in [1.54, 1.807) is 13.8 Å². The van der Waals surface area contributed by atoms with Crippen LogP contribution in [0.3, 0.4) is 0 Å². The molecule has 0 aliphatic heterocycles. The monoisotopic (exact) mass is 288 g/mol. The normalized spacial score (nSPS) is 12.0. The number of nitrogens with one attached hydrogen (secondary N) is 2. The lowest BCUT2D eigenvalue weighted by Crippen LogP contribution is -2.28. The molecule has 21 heavy (non-hydrogen) atoms. The Hall–Kier alpha value is -2.37. The van der Waals surface area contributed by atoms with Crippen LogP contribution in [0.5, 0.6) is 0 Å². The van der Waals surface area contributed by atoms with Gasteiger partial charge in [0.1, 0.15) is 11.9 Å². The highest BCUT2D eigenvalue weighted by Crippen LogP contribution is 2.22. The third kappa shape index (κ3) is 3.59. The minimum Gasteiger partial charge on any atom is -0.464 e. The van der Waals surface area contributed by atoms with Crippen LogP contribution in [0.25, 0.3) is 10.9 Å². The fourth-order valence-electron chi connectivity index (χ4n) is 1.96. The van der Waals surface area contributed by atoms with Crippen molar-refractivity contribution in [1.29, 1.82) is 0 Å². The number of hydrogen-bond acceptors (Lipinski definition) is 6. The van der Waals surface area contributed by atoms with E-state index in [4.69, 9.17) is 4.74 Å². The van der Waals surface area contributed by atoms with E-state index in [-0.39, 0.29) is 5.97 Å². The van der Waals surface area contributed by atoms with Gasteiger partial charge in [0, 0.05) is 11.9 Å². The van der Waals surface area contributed by atoms with Crippen LogP contribution >= 0.6 is 0 Å². The number of benzene rings is 1. The lowest BCUT2D eigenvalue weighted by atomic mass is 10.2. The van der Waals surface area contributed by atoms with Crippen molar-refractivity contribution in [3.63, 3.8) is 0 Å². The molecule has 6 nitrogen and oxygen atoms in total. The Balaban J connectivity index is 2.34. The quantitative estimate of drug-likeness (QED) is 0.795. The summed E-state index contributed by atoms with van der Waals surface area (Å²) in [5, 5.41) is 7.06. The highest BCUT2D eigenvalue weighted by molar-refractivity contribution is 5.91. The van der Waals surface area contributed by atoms with Gasteiger partial charge in [0.2, 0.25) is 5.95 Å². The summed E-state index contributed by atoms with van der Waals surface area (Å²) in [6.07, 6.45) is 0. The van der Waals surface area contributed by atoms with Gasteiger partial charge in [0.05, 0.1) is 12.1 Å². The molecule has 1 unspecified atom stereocenters. The fraction of sp³-hybridized carbons (Fsp3) is 0.400. The zero-order valence-electron chi connectivity index (χ0n) is 12.5. The van der Waals surface area contributed by atoms with Crippen molar-refractivity contribution in [2.75, 3.05) is 23.8 Å². The molecule has 1 atom stereocenters. The molecule has 6 heteroatoms. The molecule has 0 saturated carbocycles. The molecule has 0 bridgehead atoms. The van der Waals surface area contributed by atoms with Gasteiger partial charge in [-0.05, 0) is 32.9 Å². The summed E-state index contributed by atoms with van der Waals surface area (Å²) in [5.74, 6) is 0.858. The Kier molecular flexibility index (Phi) is 4.92. The number of ether oxygens (including phenoxy) is 1. The summed E-state index contributed by atoms with van der Waals surface area (Å²) in [5.41, 5.74) is 0.821. The van der Waals surface area contributed by atoms with Crippen molar-refractivity contribution in [3.8, 4) is 0 Å². The first-order chi connectivity index (χ1) is 10.2. The number of esters is 1. The van der Waals surface area contributed by atoms with Gasteiger partial charge in [-0.25, -0.2) is 9.78 Å². The van der Waals surface area contributed by atoms with Crippen LogP contribution in [0.2, 0.25) is 0 Å². The number of anilines is 2. The maximum Gasteiger partial charge on any atom is 0.328 e. The third-order valence-corrected chi connectivity index (χ3v) is 2.93. The first-order valence-corrected chi connectivity index (χ1v) is 7.09. The van der Waals surface area contributed by atoms with Crippen molar-refractivity contribution in [2.45, 2.75) is 26.8 Å². The smallest absolute Gasteiger partial charge is 0.328 e. The van der Waals surface area contributed by atoms with Crippen LogP contribution in [0.15, 0.2) is 24.3 Å². The molecule has 0 spiro atoms. The largest absolute Gasteiger partial charge is 0.464 e. The fourth-order valence-corrected chi connectivity index (χ4v) is 1.96. The van der Waals surface area contributed by atoms with Crippen LogP contribution in [0, 0.1) is 0 Å². The van der Waals surface area contributed by atoms with Gasteiger partial charge in [0.15, 0.2) is 0 Å². The van der Waals surface area contributed by atoms with Crippen molar-refractivity contribution in [2.24, 2.45) is 0 Å². The van der Waals surface area contributed by atoms with Crippen LogP contribution in [-0.4, -0.2) is 35.1 Å². The SMILES string of the molecule is CCNc1nc(NC(C)C(=O)OCC)c2ccccc2n1. The van der Waals surface area contributed by atoms with Gasteiger partial charge in [-0.2, -0.15) is 4.98 Å². The Morgan fingerprint density at radius 2 is 2.05 bits per heavy atom. The predicted octanol–water partition coefficient (Wildman–Crippen LogP) is 2.43. The van der Waals surface area contributed by atoms with Gasteiger partial charge < -0.3 is 15.4 Å². The summed E-state index contributed by atoms with van der Waals surface area (Å²) < 4.78 is 5.01. The minimum absolute atomic E-state index is 0.301. The zero-order valence-corrected chi connectivity index (χ0v) is 12.5. The van der Waals surface area contributed by atoms with E-state index in [1.165, 1.54) is 0 Å². The highest BCUT2D eigenvalue weighted by Gasteiger charge is 2.16. The molecule has 0 aliphatic carbocycles. The number of carbonyl (C=O) groups is 1. The van der Waals surface area contributed by atoms with E-state index in [0.29, 0.717) is 18.4 Å². The van der Waals surface area contributed by atoms with Crippen molar-refractivity contribution >= 4 is 28.6 Å². The van der Waals surface area contributed by atoms with E-state index in [0.717, 1.165) is 17.4 Å². The molecular formula is C15H20N4O2. The van der Waals surface area contributed by atoms with Crippen molar-refractivity contribution < 1.29 is 9.53 Å². The number of para-hydroxylation sites is 1. The van der Waals surface area contributed by atoms with E-state index in [1.807, 2.05) is 31.2 Å². The second-order valence-electron chi connectivity index (χ2n) is 4.56. The molecule has 1 heterocycles. The third-order valence-electron chi connectivity index (χ3n) is 2.93. The van der Waals surface area contributed by atoms with E-state index >= 15 is 0 Å². The Morgan fingerprint density at radius 3 is 2.76 bits per heavy atom. The Morgan fingerprint density at radius 1 is 1.29 bits per heavy atom. The van der Waals surface area contributed by atoms with Gasteiger partial charge in [0.25, 0.3) is 0 Å². The van der Waals surface area contributed by atoms with E-state index < -0.39 is 6.04 Å². The van der Waals surface area contributed by atoms with Crippen molar-refractivity contribution in [3.05, 3.63) is 24.3 Å². The molecule has 2 N–H and O–H groups in total. The average molecular weight is 288 g/mol. The van der Waals surface area contributed by atoms with Gasteiger partial charge in [-0.3, -0.25) is 0 Å². The van der Waals surface area contributed by atoms with Crippen LogP contribution in [0.4, 0.5) is 11.8 Å². The van der Waals surface area contributed by atoms with Crippen molar-refractivity contribution in [1.82, 2.24) is 9.97 Å². The molecule has 0 fully saturated rings. The lowest BCUT2D eigenvalue weighted by molar-refractivity contribution is -0.143. The Bertz CT molecular complexity index is 630. The van der Waals surface area contributed by atoms with Crippen LogP contribution in [-0.2, 0) is 9.53 Å². The summed E-state index contributed by atoms with van der Waals surface area (Å²) in [6, 6.07) is 7.20. The maximum absolute atomic E-state index is 11.8. The number of hydrogen-bond donors (Lipinski definition) is 2. The maximum atomic E-state index is 11.8. The van der Waals surface area contributed by atoms with Crippen LogP contribution < -0.4 is 10.6 Å². The molecule has 2 rings (SSSR count). The number of aromatic nitrogens is 2. The number of fused-ring (bicyclic) bond motifs is 1. The molecule has 0 amide bonds. The van der Waals surface area contributed by atoms with Crippen LogP contribution in [0.1, 0.15) is 20.8 Å². The molecule has 2 aromatic rings. The topological polar surface area (TPSA) is 76.1 Å². The standard InChI is InChI=1S/C15H20N4O2/c1-4-16-15-18-12-9-7-6-8-11(12)13(19-15)17-10(3)14(20)21-5-2/h6-10H,4-5H2,1-3H3,(H2,16,17,18,19). The molecule has 112 valence electrons. The van der Waals surface area contributed by atoms with E-state index in [2.05, 4.69) is 20.6 Å². The highest BCUT2D eigenvalue weighted by atomic mass is 16.5. The summed E-state index contributed by atoms with van der Waals surface area (Å²) in [4.78, 5) is 20.6. The molecular weight excluding hydrogens is 268 g/mol. The molecule has 1 aromatic heterocycles. The number of nitrogens with zero attached hydrogens (tertiary/aromatic N) is 2. The zero-order chi connectivity index (χ0) is 15.2. The number of rotatable bonds is 6. The Labute approximate surface area is 123 Å².